The van der Waals surface area contributed by atoms with E-state index in [1.165, 1.54) is 11.3 Å². The Morgan fingerprint density at radius 2 is 1.87 bits per heavy atom. The van der Waals surface area contributed by atoms with Gasteiger partial charge in [0.05, 0.1) is 0 Å². The van der Waals surface area contributed by atoms with Gasteiger partial charge in [0.15, 0.2) is 0 Å². The molecule has 1 N–H and O–H groups in total. The van der Waals surface area contributed by atoms with Gasteiger partial charge in [0.25, 0.3) is 5.91 Å². The first kappa shape index (κ1) is 24.0. The van der Waals surface area contributed by atoms with Crippen molar-refractivity contribution in [3.63, 3.8) is 0 Å². The second kappa shape index (κ2) is 10.3. The minimum absolute atomic E-state index is 0.0374. The topological polar surface area (TPSA) is 73.0 Å². The lowest BCUT2D eigenvalue weighted by Crippen LogP contribution is -2.56. The summed E-state index contributed by atoms with van der Waals surface area (Å²) in [6.45, 7) is 9.31. The van der Waals surface area contributed by atoms with Gasteiger partial charge in [-0.2, -0.15) is 0 Å². The standard InChI is InChI=1S/C24H42N4O3/c1-5-13-24(19-10-15-27(16-11-19)21(29)9-8-18(2)3)22(30)28(23(31)25-24)17-12-20-7-6-14-26(20)4/h18-20H,5-17H2,1-4H3,(H,25,31). The van der Waals surface area contributed by atoms with Crippen LogP contribution in [-0.2, 0) is 9.59 Å². The van der Waals surface area contributed by atoms with Crippen molar-refractivity contribution in [3.8, 4) is 0 Å². The van der Waals surface area contributed by atoms with Crippen LogP contribution in [0, 0.1) is 11.8 Å². The van der Waals surface area contributed by atoms with Crippen molar-refractivity contribution in [2.24, 2.45) is 11.8 Å². The van der Waals surface area contributed by atoms with Gasteiger partial charge in [0, 0.05) is 32.1 Å². The molecule has 3 heterocycles. The molecular formula is C24H42N4O3. The van der Waals surface area contributed by atoms with Gasteiger partial charge in [0.2, 0.25) is 5.91 Å². The maximum atomic E-state index is 13.6. The van der Waals surface area contributed by atoms with Gasteiger partial charge in [-0.3, -0.25) is 14.5 Å². The molecular weight excluding hydrogens is 392 g/mol. The number of imide groups is 1. The van der Waals surface area contributed by atoms with Crippen LogP contribution in [0.2, 0.25) is 0 Å². The summed E-state index contributed by atoms with van der Waals surface area (Å²) < 4.78 is 0. The number of piperidine rings is 1. The highest BCUT2D eigenvalue weighted by Crippen LogP contribution is 2.37. The summed E-state index contributed by atoms with van der Waals surface area (Å²) in [6.07, 6.45) is 7.76. The molecule has 2 unspecified atom stereocenters. The second-order valence-electron chi connectivity index (χ2n) is 10.3. The van der Waals surface area contributed by atoms with E-state index in [0.29, 0.717) is 44.4 Å². The van der Waals surface area contributed by atoms with Crippen molar-refractivity contribution >= 4 is 17.8 Å². The number of urea groups is 1. The number of likely N-dealkylation sites (tertiary alicyclic amines) is 2. The molecule has 0 aromatic heterocycles. The van der Waals surface area contributed by atoms with E-state index < -0.39 is 5.54 Å². The fourth-order valence-corrected chi connectivity index (χ4v) is 5.71. The number of rotatable bonds is 9. The summed E-state index contributed by atoms with van der Waals surface area (Å²) in [5, 5.41) is 3.13. The van der Waals surface area contributed by atoms with Crippen molar-refractivity contribution in [3.05, 3.63) is 0 Å². The largest absolute Gasteiger partial charge is 0.343 e. The van der Waals surface area contributed by atoms with Gasteiger partial charge < -0.3 is 15.1 Å². The number of nitrogens with zero attached hydrogens (tertiary/aromatic N) is 3. The summed E-state index contributed by atoms with van der Waals surface area (Å²) in [6, 6.07) is 0.233. The molecule has 3 saturated heterocycles. The maximum absolute atomic E-state index is 13.6. The van der Waals surface area contributed by atoms with Crippen LogP contribution in [0.15, 0.2) is 0 Å². The summed E-state index contributed by atoms with van der Waals surface area (Å²) in [7, 11) is 2.13. The quantitative estimate of drug-likeness (QED) is 0.566. The molecule has 0 radical (unpaired) electrons. The Hall–Kier alpha value is -1.63. The molecule has 0 spiro atoms. The van der Waals surface area contributed by atoms with E-state index in [-0.39, 0.29) is 23.8 Å². The molecule has 0 aromatic carbocycles. The van der Waals surface area contributed by atoms with Crippen LogP contribution in [0.3, 0.4) is 0 Å². The van der Waals surface area contributed by atoms with Gasteiger partial charge >= 0.3 is 6.03 Å². The molecule has 7 nitrogen and oxygen atoms in total. The molecule has 0 bridgehead atoms. The lowest BCUT2D eigenvalue weighted by atomic mass is 9.74. The molecule has 3 rings (SSSR count). The Bertz CT molecular complexity index is 659. The Morgan fingerprint density at radius 1 is 1.16 bits per heavy atom. The molecule has 0 aromatic rings. The van der Waals surface area contributed by atoms with Gasteiger partial charge in [-0.05, 0) is 70.4 Å². The van der Waals surface area contributed by atoms with Crippen LogP contribution in [0.1, 0.15) is 78.6 Å². The second-order valence-corrected chi connectivity index (χ2v) is 10.3. The molecule has 3 aliphatic heterocycles. The molecule has 3 fully saturated rings. The Kier molecular flexibility index (Phi) is 8.00. The molecule has 0 aliphatic carbocycles. The number of nitrogens with one attached hydrogen (secondary N) is 1. The van der Waals surface area contributed by atoms with Crippen LogP contribution in [0.25, 0.3) is 0 Å². The van der Waals surface area contributed by atoms with Gasteiger partial charge in [-0.25, -0.2) is 4.79 Å². The molecule has 2 atom stereocenters. The number of carbonyl (C=O) groups is 3. The first-order chi connectivity index (χ1) is 14.8. The van der Waals surface area contributed by atoms with Crippen molar-refractivity contribution < 1.29 is 14.4 Å². The van der Waals surface area contributed by atoms with Crippen LogP contribution in [0.5, 0.6) is 0 Å². The van der Waals surface area contributed by atoms with E-state index in [1.807, 2.05) is 4.90 Å². The van der Waals surface area contributed by atoms with E-state index in [1.54, 1.807) is 0 Å². The van der Waals surface area contributed by atoms with E-state index >= 15 is 0 Å². The van der Waals surface area contributed by atoms with Crippen molar-refractivity contribution in [1.29, 1.82) is 0 Å². The molecule has 7 heteroatoms. The van der Waals surface area contributed by atoms with Crippen LogP contribution < -0.4 is 5.32 Å². The smallest absolute Gasteiger partial charge is 0.325 e. The highest BCUT2D eigenvalue weighted by Gasteiger charge is 2.55. The minimum atomic E-state index is -0.791. The van der Waals surface area contributed by atoms with E-state index in [2.05, 4.69) is 38.0 Å². The predicted octanol–water partition coefficient (Wildman–Crippen LogP) is 3.24. The number of amides is 4. The molecule has 31 heavy (non-hydrogen) atoms. The third-order valence-corrected chi connectivity index (χ3v) is 7.68. The Morgan fingerprint density at radius 3 is 2.45 bits per heavy atom. The fourth-order valence-electron chi connectivity index (χ4n) is 5.71. The van der Waals surface area contributed by atoms with Crippen molar-refractivity contribution in [2.45, 2.75) is 90.1 Å². The highest BCUT2D eigenvalue weighted by molar-refractivity contribution is 6.07. The zero-order valence-electron chi connectivity index (χ0n) is 20.0. The number of carbonyl (C=O) groups excluding carboxylic acids is 3. The van der Waals surface area contributed by atoms with Gasteiger partial charge in [-0.1, -0.05) is 27.2 Å². The summed E-state index contributed by atoms with van der Waals surface area (Å²) in [4.78, 5) is 44.7. The van der Waals surface area contributed by atoms with E-state index in [9.17, 15) is 14.4 Å². The van der Waals surface area contributed by atoms with Gasteiger partial charge in [0.1, 0.15) is 5.54 Å². The molecule has 0 saturated carbocycles. The lowest BCUT2D eigenvalue weighted by Gasteiger charge is -2.41. The number of hydrogen-bond donors (Lipinski definition) is 1. The van der Waals surface area contributed by atoms with Crippen LogP contribution in [0.4, 0.5) is 4.79 Å². The first-order valence-electron chi connectivity index (χ1n) is 12.4. The molecule has 176 valence electrons. The SMILES string of the molecule is CCCC1(C2CCN(C(=O)CCC(C)C)CC2)NC(=O)N(CCC2CCCN2C)C1=O. The summed E-state index contributed by atoms with van der Waals surface area (Å²) in [5.41, 5.74) is -0.791. The number of hydrogen-bond acceptors (Lipinski definition) is 4. The lowest BCUT2D eigenvalue weighted by molar-refractivity contribution is -0.136. The van der Waals surface area contributed by atoms with Crippen LogP contribution in [-0.4, -0.2) is 77.4 Å². The minimum Gasteiger partial charge on any atom is -0.343 e. The Labute approximate surface area is 187 Å². The first-order valence-corrected chi connectivity index (χ1v) is 12.4. The maximum Gasteiger partial charge on any atom is 0.325 e. The average Bonchev–Trinajstić information content (AvgIpc) is 3.26. The van der Waals surface area contributed by atoms with E-state index in [0.717, 1.165) is 45.1 Å². The van der Waals surface area contributed by atoms with Crippen LogP contribution >= 0.6 is 0 Å². The average molecular weight is 435 g/mol. The summed E-state index contributed by atoms with van der Waals surface area (Å²) >= 11 is 0. The third-order valence-electron chi connectivity index (χ3n) is 7.68. The van der Waals surface area contributed by atoms with E-state index in [4.69, 9.17) is 0 Å². The van der Waals surface area contributed by atoms with Crippen molar-refractivity contribution in [1.82, 2.24) is 20.0 Å². The third kappa shape index (κ3) is 5.24. The zero-order chi connectivity index (χ0) is 22.6. The normalized spacial score (nSPS) is 28.1. The Balaban J connectivity index is 1.62. The molecule has 4 amide bonds. The fraction of sp³-hybridized carbons (Fsp3) is 0.875. The van der Waals surface area contributed by atoms with Crippen molar-refractivity contribution in [2.75, 3.05) is 33.2 Å². The predicted molar refractivity (Wildman–Crippen MR) is 122 cm³/mol. The molecule has 3 aliphatic rings. The monoisotopic (exact) mass is 434 g/mol. The summed E-state index contributed by atoms with van der Waals surface area (Å²) in [5.74, 6) is 0.804. The zero-order valence-corrected chi connectivity index (χ0v) is 20.0. The highest BCUT2D eigenvalue weighted by atomic mass is 16.2. The van der Waals surface area contributed by atoms with Gasteiger partial charge in [-0.15, -0.1) is 0 Å².